The third kappa shape index (κ3) is 3.13. The number of nitrogens with one attached hydrogen (secondary N) is 1. The van der Waals surface area contributed by atoms with Gasteiger partial charge in [0.1, 0.15) is 17.2 Å². The molecule has 30 heavy (non-hydrogen) atoms. The van der Waals surface area contributed by atoms with Crippen molar-refractivity contribution in [3.05, 3.63) is 52.3 Å². The Labute approximate surface area is 179 Å². The van der Waals surface area contributed by atoms with Gasteiger partial charge in [-0.15, -0.1) is 0 Å². The van der Waals surface area contributed by atoms with Crippen molar-refractivity contribution in [3.8, 4) is 16.9 Å². The van der Waals surface area contributed by atoms with Gasteiger partial charge in [-0.05, 0) is 62.6 Å². The van der Waals surface area contributed by atoms with E-state index in [1.807, 2.05) is 32.3 Å². The fourth-order valence-corrected chi connectivity index (χ4v) is 5.20. The van der Waals surface area contributed by atoms with Gasteiger partial charge >= 0.3 is 0 Å². The lowest BCUT2D eigenvalue weighted by molar-refractivity contribution is 0.0901. The van der Waals surface area contributed by atoms with E-state index in [4.69, 9.17) is 9.72 Å². The van der Waals surface area contributed by atoms with E-state index in [2.05, 4.69) is 41.2 Å². The van der Waals surface area contributed by atoms with E-state index < -0.39 is 0 Å². The Bertz CT molecular complexity index is 1170. The number of hydrogen-bond donors (Lipinski definition) is 1. The molecule has 154 valence electrons. The van der Waals surface area contributed by atoms with Crippen LogP contribution in [0.2, 0.25) is 0 Å². The Balaban J connectivity index is 1.57. The highest BCUT2D eigenvalue weighted by atomic mass is 32.1. The van der Waals surface area contributed by atoms with Crippen LogP contribution < -0.4 is 15.0 Å². The Hall–Kier alpha value is -2.93. The van der Waals surface area contributed by atoms with E-state index in [1.165, 1.54) is 16.9 Å². The number of anilines is 2. The van der Waals surface area contributed by atoms with E-state index in [0.29, 0.717) is 13.2 Å². The van der Waals surface area contributed by atoms with Gasteiger partial charge in [-0.2, -0.15) is 0 Å². The predicted molar refractivity (Wildman–Crippen MR) is 119 cm³/mol. The Morgan fingerprint density at radius 3 is 2.83 bits per heavy atom. The molecule has 2 aromatic heterocycles. The van der Waals surface area contributed by atoms with Crippen LogP contribution in [-0.2, 0) is 6.42 Å². The lowest BCUT2D eigenvalue weighted by Gasteiger charge is -2.30. The summed E-state index contributed by atoms with van der Waals surface area (Å²) in [6, 6.07) is 6.28. The molecule has 7 heteroatoms. The molecule has 0 saturated carbocycles. The highest BCUT2D eigenvalue weighted by Gasteiger charge is 2.35. The van der Waals surface area contributed by atoms with Crippen molar-refractivity contribution in [3.63, 3.8) is 0 Å². The summed E-state index contributed by atoms with van der Waals surface area (Å²) >= 11 is 1.46. The predicted octanol–water partition coefficient (Wildman–Crippen LogP) is 4.42. The maximum atomic E-state index is 12.5. The van der Waals surface area contributed by atoms with Crippen LogP contribution in [0.1, 0.15) is 40.3 Å². The molecule has 0 spiro atoms. The van der Waals surface area contributed by atoms with Gasteiger partial charge in [-0.25, -0.2) is 4.98 Å². The first-order valence-corrected chi connectivity index (χ1v) is 10.9. The molecule has 0 aliphatic carbocycles. The number of amides is 1. The number of ether oxygens (including phenoxy) is 1. The monoisotopic (exact) mass is 420 g/mol. The van der Waals surface area contributed by atoms with Crippen molar-refractivity contribution >= 4 is 28.1 Å². The second-order valence-corrected chi connectivity index (χ2v) is 9.59. The first-order valence-electron chi connectivity index (χ1n) is 10.1. The van der Waals surface area contributed by atoms with Gasteiger partial charge in [-0.1, -0.05) is 11.3 Å². The van der Waals surface area contributed by atoms with Crippen LogP contribution >= 0.6 is 11.3 Å². The lowest BCUT2D eigenvalue weighted by Crippen LogP contribution is -2.48. The molecule has 0 saturated heterocycles. The van der Waals surface area contributed by atoms with Gasteiger partial charge in [0.25, 0.3) is 5.91 Å². The SMILES string of the molecule is Cc1ccncc1-c1cc2c(cc1C)N(c1nc3c(s1)C(=O)NC(C)(C)C3)CCO2. The normalized spacial score (nSPS) is 17.1. The molecule has 0 radical (unpaired) electrons. The number of pyridine rings is 1. The fraction of sp³-hybridized carbons (Fsp3) is 0.348. The number of aryl methyl sites for hydroxylation is 2. The number of aromatic nitrogens is 2. The third-order valence-corrected chi connectivity index (χ3v) is 6.80. The van der Waals surface area contributed by atoms with Crippen molar-refractivity contribution in [2.24, 2.45) is 0 Å². The molecule has 4 heterocycles. The number of hydrogen-bond acceptors (Lipinski definition) is 6. The van der Waals surface area contributed by atoms with E-state index in [1.54, 1.807) is 0 Å². The van der Waals surface area contributed by atoms with Gasteiger partial charge in [0.15, 0.2) is 5.13 Å². The zero-order valence-corrected chi connectivity index (χ0v) is 18.4. The minimum atomic E-state index is -0.272. The molecular weight excluding hydrogens is 396 g/mol. The minimum Gasteiger partial charge on any atom is -0.490 e. The lowest BCUT2D eigenvalue weighted by atomic mass is 9.94. The largest absolute Gasteiger partial charge is 0.490 e. The summed E-state index contributed by atoms with van der Waals surface area (Å²) in [4.78, 5) is 24.6. The van der Waals surface area contributed by atoms with Crippen LogP contribution in [0.15, 0.2) is 30.6 Å². The molecular formula is C23H24N4O2S. The van der Waals surface area contributed by atoms with E-state index in [-0.39, 0.29) is 11.4 Å². The summed E-state index contributed by atoms with van der Waals surface area (Å²) in [5, 5.41) is 3.92. The number of nitrogens with zero attached hydrogens (tertiary/aromatic N) is 3. The molecule has 0 fully saturated rings. The number of benzene rings is 1. The maximum Gasteiger partial charge on any atom is 0.263 e. The van der Waals surface area contributed by atoms with Crippen molar-refractivity contribution < 1.29 is 9.53 Å². The van der Waals surface area contributed by atoms with Crippen LogP contribution in [0.3, 0.4) is 0 Å². The summed E-state index contributed by atoms with van der Waals surface area (Å²) in [6.45, 7) is 9.54. The van der Waals surface area contributed by atoms with Gasteiger partial charge in [-0.3, -0.25) is 9.78 Å². The highest BCUT2D eigenvalue weighted by Crippen LogP contribution is 2.43. The molecule has 1 amide bonds. The van der Waals surface area contributed by atoms with Gasteiger partial charge in [0, 0.05) is 29.9 Å². The van der Waals surface area contributed by atoms with E-state index in [0.717, 1.165) is 50.3 Å². The highest BCUT2D eigenvalue weighted by molar-refractivity contribution is 7.17. The Morgan fingerprint density at radius 1 is 1.20 bits per heavy atom. The van der Waals surface area contributed by atoms with Gasteiger partial charge in [0.2, 0.25) is 0 Å². The van der Waals surface area contributed by atoms with Crippen molar-refractivity contribution in [2.75, 3.05) is 18.1 Å². The molecule has 2 aliphatic rings. The average molecular weight is 421 g/mol. The topological polar surface area (TPSA) is 67.4 Å². The second-order valence-electron chi connectivity index (χ2n) is 8.61. The van der Waals surface area contributed by atoms with Gasteiger partial charge in [0.05, 0.1) is 17.9 Å². The Kier molecular flexibility index (Phi) is 4.32. The summed E-state index contributed by atoms with van der Waals surface area (Å²) in [5.74, 6) is 0.806. The Morgan fingerprint density at radius 2 is 2.03 bits per heavy atom. The molecule has 0 unspecified atom stereocenters. The first kappa shape index (κ1) is 19.1. The number of carbonyl (C=O) groups excluding carboxylic acids is 1. The summed E-state index contributed by atoms with van der Waals surface area (Å²) < 4.78 is 6.02. The van der Waals surface area contributed by atoms with Crippen LogP contribution in [0.5, 0.6) is 5.75 Å². The molecule has 2 aliphatic heterocycles. The molecule has 5 rings (SSSR count). The summed E-state index contributed by atoms with van der Waals surface area (Å²) in [7, 11) is 0. The molecule has 6 nitrogen and oxygen atoms in total. The average Bonchev–Trinajstić information content (AvgIpc) is 3.10. The quantitative estimate of drug-likeness (QED) is 0.665. The van der Waals surface area contributed by atoms with E-state index in [9.17, 15) is 4.79 Å². The summed E-state index contributed by atoms with van der Waals surface area (Å²) in [5.41, 5.74) is 6.18. The number of fused-ring (bicyclic) bond motifs is 2. The zero-order chi connectivity index (χ0) is 21.0. The van der Waals surface area contributed by atoms with Gasteiger partial charge < -0.3 is 15.0 Å². The van der Waals surface area contributed by atoms with Crippen LogP contribution in [0, 0.1) is 13.8 Å². The van der Waals surface area contributed by atoms with Crippen LogP contribution in [0.4, 0.5) is 10.8 Å². The van der Waals surface area contributed by atoms with E-state index >= 15 is 0 Å². The standard InChI is InChI=1S/C23H24N4O2S/c1-13-5-6-24-12-16(13)15-10-19-18(9-14(15)2)27(7-8-29-19)22-25-17-11-23(3,4)26-21(28)20(17)30-22/h5-6,9-10,12H,7-8,11H2,1-4H3,(H,26,28). The number of carbonyl (C=O) groups is 1. The first-order chi connectivity index (χ1) is 14.3. The molecule has 1 aromatic carbocycles. The molecule has 0 atom stereocenters. The summed E-state index contributed by atoms with van der Waals surface area (Å²) in [6.07, 6.45) is 4.45. The minimum absolute atomic E-state index is 0.0305. The molecule has 1 N–H and O–H groups in total. The smallest absolute Gasteiger partial charge is 0.263 e. The van der Waals surface area contributed by atoms with Crippen molar-refractivity contribution in [1.82, 2.24) is 15.3 Å². The van der Waals surface area contributed by atoms with Crippen molar-refractivity contribution in [1.29, 1.82) is 0 Å². The molecule has 3 aromatic rings. The van der Waals surface area contributed by atoms with Crippen molar-refractivity contribution in [2.45, 2.75) is 39.7 Å². The maximum absolute atomic E-state index is 12.5. The zero-order valence-electron chi connectivity index (χ0n) is 17.6. The second kappa shape index (κ2) is 6.80. The van der Waals surface area contributed by atoms with Crippen LogP contribution in [-0.4, -0.2) is 34.6 Å². The number of rotatable bonds is 2. The molecule has 0 bridgehead atoms. The third-order valence-electron chi connectivity index (χ3n) is 5.68. The number of thiazole rings is 1. The van der Waals surface area contributed by atoms with Crippen LogP contribution in [0.25, 0.3) is 11.1 Å². The fourth-order valence-electron chi connectivity index (χ4n) is 4.18.